The van der Waals surface area contributed by atoms with E-state index in [1.165, 1.54) is 0 Å². The average Bonchev–Trinajstić information content (AvgIpc) is 2.11. The third kappa shape index (κ3) is 2.99. The molecule has 0 bridgehead atoms. The summed E-state index contributed by atoms with van der Waals surface area (Å²) in [6.07, 6.45) is 0. The first-order chi connectivity index (χ1) is 6.13. The van der Waals surface area contributed by atoms with Crippen molar-refractivity contribution in [3.05, 3.63) is 27.7 Å². The van der Waals surface area contributed by atoms with Crippen LogP contribution in [-0.4, -0.2) is 12.5 Å². The number of nitrogens with one attached hydrogen (secondary N) is 1. The molecule has 0 aromatic heterocycles. The minimum atomic E-state index is -0.238. The van der Waals surface area contributed by atoms with Gasteiger partial charge < -0.3 is 11.1 Å². The molecule has 1 amide bonds. The van der Waals surface area contributed by atoms with Crippen LogP contribution in [0.15, 0.2) is 22.7 Å². The highest BCUT2D eigenvalue weighted by molar-refractivity contribution is 9.10. The molecule has 0 aliphatic rings. The summed E-state index contributed by atoms with van der Waals surface area (Å²) in [7, 11) is 0. The Morgan fingerprint density at radius 1 is 1.62 bits per heavy atom. The number of amides is 1. The maximum Gasteiger partial charge on any atom is 0.238 e. The van der Waals surface area contributed by atoms with Gasteiger partial charge in [-0.15, -0.1) is 0 Å². The van der Waals surface area contributed by atoms with Gasteiger partial charge in [0.05, 0.1) is 11.6 Å². The largest absolute Gasteiger partial charge is 0.325 e. The summed E-state index contributed by atoms with van der Waals surface area (Å²) in [5, 5.41) is 3.14. The van der Waals surface area contributed by atoms with Crippen molar-refractivity contribution in [2.45, 2.75) is 0 Å². The number of halogens is 2. The molecule has 0 saturated carbocycles. The molecule has 5 heteroatoms. The molecule has 0 aliphatic carbocycles. The molecule has 0 fully saturated rings. The van der Waals surface area contributed by atoms with Gasteiger partial charge in [0.2, 0.25) is 5.91 Å². The quantitative estimate of drug-likeness (QED) is 0.857. The van der Waals surface area contributed by atoms with Crippen LogP contribution in [0, 0.1) is 0 Å². The second-order valence-corrected chi connectivity index (χ2v) is 3.64. The van der Waals surface area contributed by atoms with Gasteiger partial charge in [-0.05, 0) is 34.1 Å². The lowest BCUT2D eigenvalue weighted by atomic mass is 10.3. The Labute approximate surface area is 89.4 Å². The van der Waals surface area contributed by atoms with E-state index in [0.717, 1.165) is 4.47 Å². The Kier molecular flexibility index (Phi) is 3.71. The van der Waals surface area contributed by atoms with Crippen molar-refractivity contribution in [1.29, 1.82) is 0 Å². The number of hydrogen-bond donors (Lipinski definition) is 2. The monoisotopic (exact) mass is 262 g/mol. The molecule has 3 nitrogen and oxygen atoms in total. The Morgan fingerprint density at radius 3 is 2.85 bits per heavy atom. The Bertz CT molecular complexity index is 330. The maximum atomic E-state index is 10.9. The summed E-state index contributed by atoms with van der Waals surface area (Å²) in [6, 6.07) is 5.15. The zero-order chi connectivity index (χ0) is 9.84. The first-order valence-electron chi connectivity index (χ1n) is 3.58. The fourth-order valence-corrected chi connectivity index (χ4v) is 1.21. The number of anilines is 1. The molecular weight excluding hydrogens is 255 g/mol. The molecule has 13 heavy (non-hydrogen) atoms. The first-order valence-corrected chi connectivity index (χ1v) is 4.75. The van der Waals surface area contributed by atoms with Crippen molar-refractivity contribution in [3.63, 3.8) is 0 Å². The Hall–Kier alpha value is -0.580. The van der Waals surface area contributed by atoms with E-state index >= 15 is 0 Å². The highest BCUT2D eigenvalue weighted by atomic mass is 79.9. The van der Waals surface area contributed by atoms with E-state index in [0.29, 0.717) is 10.7 Å². The average molecular weight is 264 g/mol. The molecule has 0 aliphatic heterocycles. The van der Waals surface area contributed by atoms with E-state index in [9.17, 15) is 4.79 Å². The molecule has 70 valence electrons. The van der Waals surface area contributed by atoms with Gasteiger partial charge in [0.15, 0.2) is 0 Å². The summed E-state index contributed by atoms with van der Waals surface area (Å²) in [6.45, 7) is -0.0340. The summed E-state index contributed by atoms with van der Waals surface area (Å²) >= 11 is 9.05. The number of carbonyl (C=O) groups excluding carboxylic acids is 1. The van der Waals surface area contributed by atoms with Crippen LogP contribution in [0.5, 0.6) is 0 Å². The van der Waals surface area contributed by atoms with E-state index in [-0.39, 0.29) is 12.5 Å². The van der Waals surface area contributed by atoms with Crippen molar-refractivity contribution >= 4 is 39.1 Å². The number of nitrogens with two attached hydrogens (primary N) is 1. The standard InChI is InChI=1S/C8H8BrClN2O/c9-6-2-1-5(3-7(6)10)12-8(13)4-11/h1-3H,4,11H2,(H,12,13). The molecule has 0 heterocycles. The summed E-state index contributed by atoms with van der Waals surface area (Å²) in [4.78, 5) is 10.9. The van der Waals surface area contributed by atoms with Gasteiger partial charge in [0.1, 0.15) is 0 Å². The van der Waals surface area contributed by atoms with Gasteiger partial charge >= 0.3 is 0 Å². The van der Waals surface area contributed by atoms with E-state index in [4.69, 9.17) is 17.3 Å². The SMILES string of the molecule is NCC(=O)Nc1ccc(Br)c(Cl)c1. The minimum absolute atomic E-state index is 0.0340. The zero-order valence-electron chi connectivity index (χ0n) is 6.68. The molecule has 1 aromatic rings. The molecule has 3 N–H and O–H groups in total. The highest BCUT2D eigenvalue weighted by Crippen LogP contribution is 2.25. The van der Waals surface area contributed by atoms with Crippen molar-refractivity contribution in [2.24, 2.45) is 5.73 Å². The number of carbonyl (C=O) groups is 1. The normalized spacial score (nSPS) is 9.77. The third-order valence-electron chi connectivity index (χ3n) is 1.39. The van der Waals surface area contributed by atoms with Gasteiger partial charge in [0.25, 0.3) is 0 Å². The lowest BCUT2D eigenvalue weighted by Crippen LogP contribution is -2.21. The van der Waals surface area contributed by atoms with E-state index in [2.05, 4.69) is 21.2 Å². The molecule has 0 unspecified atom stereocenters. The highest BCUT2D eigenvalue weighted by Gasteiger charge is 2.01. The van der Waals surface area contributed by atoms with Crippen molar-refractivity contribution < 1.29 is 4.79 Å². The van der Waals surface area contributed by atoms with Crippen LogP contribution in [0.4, 0.5) is 5.69 Å². The lowest BCUT2D eigenvalue weighted by molar-refractivity contribution is -0.114. The molecule has 1 rings (SSSR count). The van der Waals surface area contributed by atoms with Gasteiger partial charge in [-0.25, -0.2) is 0 Å². The van der Waals surface area contributed by atoms with Crippen molar-refractivity contribution in [1.82, 2.24) is 0 Å². The third-order valence-corrected chi connectivity index (χ3v) is 2.62. The fourth-order valence-electron chi connectivity index (χ4n) is 0.786. The Morgan fingerprint density at radius 2 is 2.31 bits per heavy atom. The smallest absolute Gasteiger partial charge is 0.238 e. The van der Waals surface area contributed by atoms with E-state index < -0.39 is 0 Å². The number of hydrogen-bond acceptors (Lipinski definition) is 2. The summed E-state index contributed by atoms with van der Waals surface area (Å²) in [5.41, 5.74) is 5.78. The molecule has 0 saturated heterocycles. The molecule has 0 atom stereocenters. The van der Waals surface area contributed by atoms with E-state index in [1.54, 1.807) is 18.2 Å². The predicted octanol–water partition coefficient (Wildman–Crippen LogP) is 2.00. The maximum absolute atomic E-state index is 10.9. The molecule has 0 radical (unpaired) electrons. The molecule has 0 spiro atoms. The minimum Gasteiger partial charge on any atom is -0.325 e. The van der Waals surface area contributed by atoms with Crippen LogP contribution in [0.1, 0.15) is 0 Å². The van der Waals surface area contributed by atoms with Crippen LogP contribution >= 0.6 is 27.5 Å². The van der Waals surface area contributed by atoms with Crippen LogP contribution in [0.2, 0.25) is 5.02 Å². The van der Waals surface area contributed by atoms with Crippen LogP contribution in [-0.2, 0) is 4.79 Å². The second kappa shape index (κ2) is 4.60. The van der Waals surface area contributed by atoms with Gasteiger partial charge in [-0.1, -0.05) is 11.6 Å². The van der Waals surface area contributed by atoms with Crippen LogP contribution in [0.25, 0.3) is 0 Å². The van der Waals surface area contributed by atoms with Crippen LogP contribution < -0.4 is 11.1 Å². The second-order valence-electron chi connectivity index (χ2n) is 2.38. The summed E-state index contributed by atoms with van der Waals surface area (Å²) in [5.74, 6) is -0.238. The molecule has 1 aromatic carbocycles. The Balaban J connectivity index is 2.79. The topological polar surface area (TPSA) is 55.1 Å². The zero-order valence-corrected chi connectivity index (χ0v) is 9.02. The fraction of sp³-hybridized carbons (Fsp3) is 0.125. The first kappa shape index (κ1) is 10.5. The molecular formula is C8H8BrClN2O. The predicted molar refractivity (Wildman–Crippen MR) is 56.8 cm³/mol. The van der Waals surface area contributed by atoms with E-state index in [1.807, 2.05) is 0 Å². The van der Waals surface area contributed by atoms with Gasteiger partial charge in [-0.3, -0.25) is 4.79 Å². The number of rotatable bonds is 2. The summed E-state index contributed by atoms with van der Waals surface area (Å²) < 4.78 is 0.792. The van der Waals surface area contributed by atoms with Crippen LogP contribution in [0.3, 0.4) is 0 Å². The van der Waals surface area contributed by atoms with Gasteiger partial charge in [-0.2, -0.15) is 0 Å². The number of benzene rings is 1. The van der Waals surface area contributed by atoms with Crippen molar-refractivity contribution in [2.75, 3.05) is 11.9 Å². The van der Waals surface area contributed by atoms with Crippen molar-refractivity contribution in [3.8, 4) is 0 Å². The lowest BCUT2D eigenvalue weighted by Gasteiger charge is -2.04. The van der Waals surface area contributed by atoms with Gasteiger partial charge in [0, 0.05) is 10.2 Å².